The van der Waals surface area contributed by atoms with E-state index in [1.54, 1.807) is 10.9 Å². The average molecular weight is 311 g/mol. The average Bonchev–Trinajstić information content (AvgIpc) is 3.07. The number of hydrogen-bond donors (Lipinski definition) is 1. The fraction of sp³-hybridized carbons (Fsp3) is 0.583. The molecule has 0 aromatic carbocycles. The molecule has 0 aliphatic carbocycles. The summed E-state index contributed by atoms with van der Waals surface area (Å²) >= 11 is 3.84. The molecule has 3 heterocycles. The number of aromatic nitrogens is 4. The summed E-state index contributed by atoms with van der Waals surface area (Å²) in [6, 6.07) is -0.415. The van der Waals surface area contributed by atoms with Crippen molar-refractivity contribution in [3.05, 3.63) is 29.7 Å². The van der Waals surface area contributed by atoms with Crippen LogP contribution in [-0.2, 0) is 7.05 Å². The molecule has 6 nitrogen and oxygen atoms in total. The van der Waals surface area contributed by atoms with E-state index in [4.69, 9.17) is 10.3 Å². The largest absolute Gasteiger partial charge is 0.337 e. The fourth-order valence-corrected chi connectivity index (χ4v) is 4.83. The molecule has 3 rings (SSSR count). The Balaban J connectivity index is 1.79. The quantitative estimate of drug-likeness (QED) is 0.924. The van der Waals surface area contributed by atoms with E-state index in [2.05, 4.69) is 22.2 Å². The van der Waals surface area contributed by atoms with Crippen LogP contribution in [0.4, 0.5) is 0 Å². The van der Waals surface area contributed by atoms with Crippen LogP contribution < -0.4 is 5.73 Å². The van der Waals surface area contributed by atoms with Crippen LogP contribution in [-0.4, -0.2) is 36.7 Å². The third-order valence-corrected chi connectivity index (χ3v) is 6.34. The van der Waals surface area contributed by atoms with Crippen LogP contribution >= 0.6 is 23.5 Å². The van der Waals surface area contributed by atoms with Gasteiger partial charge in [-0.25, -0.2) is 0 Å². The van der Waals surface area contributed by atoms with Gasteiger partial charge in [0.2, 0.25) is 5.89 Å². The first-order valence-electron chi connectivity index (χ1n) is 6.46. The molecule has 0 saturated carbocycles. The molecule has 1 saturated heterocycles. The van der Waals surface area contributed by atoms with Gasteiger partial charge in [0, 0.05) is 35.6 Å². The number of nitrogens with zero attached hydrogens (tertiary/aromatic N) is 4. The molecule has 0 spiro atoms. The van der Waals surface area contributed by atoms with E-state index in [0.717, 1.165) is 17.1 Å². The standard InChI is InChI=1S/C12H17N5OS2/c1-7-10(20-4-3-19-7)11-15-12(18-16-11)9(13)8-5-14-17(2)6-8/h5-7,9-10H,3-4,13H2,1-2H3. The lowest BCUT2D eigenvalue weighted by atomic mass is 10.2. The first-order valence-corrected chi connectivity index (χ1v) is 8.55. The van der Waals surface area contributed by atoms with Crippen molar-refractivity contribution >= 4 is 23.5 Å². The lowest BCUT2D eigenvalue weighted by Crippen LogP contribution is -2.17. The molecule has 20 heavy (non-hydrogen) atoms. The molecular weight excluding hydrogens is 294 g/mol. The summed E-state index contributed by atoms with van der Waals surface area (Å²) in [5.41, 5.74) is 7.02. The van der Waals surface area contributed by atoms with Gasteiger partial charge in [-0.05, 0) is 0 Å². The molecule has 2 N–H and O–H groups in total. The minimum Gasteiger partial charge on any atom is -0.337 e. The van der Waals surface area contributed by atoms with Crippen LogP contribution in [0.15, 0.2) is 16.9 Å². The van der Waals surface area contributed by atoms with Gasteiger partial charge in [-0.3, -0.25) is 4.68 Å². The first kappa shape index (κ1) is 14.0. The van der Waals surface area contributed by atoms with Gasteiger partial charge in [-0.15, -0.1) is 11.8 Å². The van der Waals surface area contributed by atoms with Crippen molar-refractivity contribution in [2.24, 2.45) is 12.8 Å². The molecule has 1 fully saturated rings. The van der Waals surface area contributed by atoms with Gasteiger partial charge in [-0.2, -0.15) is 21.8 Å². The van der Waals surface area contributed by atoms with Crippen LogP contribution in [0.1, 0.15) is 35.5 Å². The van der Waals surface area contributed by atoms with Crippen LogP contribution in [0.2, 0.25) is 0 Å². The Morgan fingerprint density at radius 3 is 2.95 bits per heavy atom. The van der Waals surface area contributed by atoms with Crippen LogP contribution in [0, 0.1) is 0 Å². The maximum atomic E-state index is 6.15. The highest BCUT2D eigenvalue weighted by Crippen LogP contribution is 2.41. The highest BCUT2D eigenvalue weighted by molar-refractivity contribution is 8.06. The summed E-state index contributed by atoms with van der Waals surface area (Å²) in [4.78, 5) is 4.50. The molecule has 2 aromatic heterocycles. The predicted octanol–water partition coefficient (Wildman–Crippen LogP) is 1.76. The van der Waals surface area contributed by atoms with Crippen molar-refractivity contribution in [2.45, 2.75) is 23.5 Å². The Morgan fingerprint density at radius 1 is 1.45 bits per heavy atom. The monoisotopic (exact) mass is 311 g/mol. The Bertz CT molecular complexity index is 584. The number of rotatable bonds is 3. The Kier molecular flexibility index (Phi) is 4.04. The first-order chi connectivity index (χ1) is 9.65. The summed E-state index contributed by atoms with van der Waals surface area (Å²) in [7, 11) is 1.85. The van der Waals surface area contributed by atoms with Gasteiger partial charge < -0.3 is 10.3 Å². The van der Waals surface area contributed by atoms with Crippen LogP contribution in [0.3, 0.4) is 0 Å². The second-order valence-electron chi connectivity index (χ2n) is 4.78. The molecular formula is C12H17N5OS2. The van der Waals surface area contributed by atoms with Gasteiger partial charge in [0.1, 0.15) is 6.04 Å². The smallest absolute Gasteiger partial charge is 0.248 e. The fourth-order valence-electron chi connectivity index (χ4n) is 2.15. The third-order valence-electron chi connectivity index (χ3n) is 3.25. The molecule has 0 amide bonds. The van der Waals surface area contributed by atoms with Gasteiger partial charge in [0.15, 0.2) is 5.82 Å². The zero-order valence-corrected chi connectivity index (χ0v) is 13.0. The highest BCUT2D eigenvalue weighted by Gasteiger charge is 2.29. The summed E-state index contributed by atoms with van der Waals surface area (Å²) < 4.78 is 7.06. The summed E-state index contributed by atoms with van der Waals surface area (Å²) in [5, 5.41) is 9.01. The summed E-state index contributed by atoms with van der Waals surface area (Å²) in [6.45, 7) is 2.21. The molecule has 108 valence electrons. The molecule has 8 heteroatoms. The van der Waals surface area contributed by atoms with E-state index in [1.807, 2.05) is 36.8 Å². The van der Waals surface area contributed by atoms with Gasteiger partial charge in [0.25, 0.3) is 0 Å². The number of hydrogen-bond acceptors (Lipinski definition) is 7. The molecule has 3 atom stereocenters. The molecule has 1 aliphatic rings. The predicted molar refractivity (Wildman–Crippen MR) is 80.7 cm³/mol. The zero-order valence-electron chi connectivity index (χ0n) is 11.4. The van der Waals surface area contributed by atoms with Gasteiger partial charge in [-0.1, -0.05) is 12.1 Å². The van der Waals surface area contributed by atoms with E-state index < -0.39 is 6.04 Å². The van der Waals surface area contributed by atoms with E-state index in [0.29, 0.717) is 11.1 Å². The SMILES string of the molecule is CC1SCCSC1c1noc(C(N)c2cnn(C)c2)n1. The molecule has 3 unspecified atom stereocenters. The number of thioether (sulfide) groups is 2. The minimum atomic E-state index is -0.415. The Morgan fingerprint density at radius 2 is 2.25 bits per heavy atom. The lowest BCUT2D eigenvalue weighted by molar-refractivity contribution is 0.362. The molecule has 1 aliphatic heterocycles. The highest BCUT2D eigenvalue weighted by atomic mass is 32.2. The number of aryl methyl sites for hydroxylation is 1. The van der Waals surface area contributed by atoms with Gasteiger partial charge >= 0.3 is 0 Å². The molecule has 0 bridgehead atoms. The lowest BCUT2D eigenvalue weighted by Gasteiger charge is -2.24. The third kappa shape index (κ3) is 2.72. The second-order valence-corrected chi connectivity index (χ2v) is 7.52. The topological polar surface area (TPSA) is 82.8 Å². The van der Waals surface area contributed by atoms with Gasteiger partial charge in [0.05, 0.1) is 11.4 Å². The van der Waals surface area contributed by atoms with Crippen molar-refractivity contribution in [1.29, 1.82) is 0 Å². The van der Waals surface area contributed by atoms with E-state index in [-0.39, 0.29) is 5.25 Å². The Hall–Kier alpha value is -0.990. The molecule has 2 aromatic rings. The minimum absolute atomic E-state index is 0.285. The van der Waals surface area contributed by atoms with E-state index >= 15 is 0 Å². The second kappa shape index (κ2) is 5.79. The zero-order chi connectivity index (χ0) is 14.1. The summed E-state index contributed by atoms with van der Waals surface area (Å²) in [5.74, 6) is 3.51. The van der Waals surface area contributed by atoms with Crippen molar-refractivity contribution in [2.75, 3.05) is 11.5 Å². The van der Waals surface area contributed by atoms with Crippen molar-refractivity contribution in [3.8, 4) is 0 Å². The van der Waals surface area contributed by atoms with E-state index in [1.165, 1.54) is 5.75 Å². The normalized spacial score (nSPS) is 24.8. The summed E-state index contributed by atoms with van der Waals surface area (Å²) in [6.07, 6.45) is 3.59. The van der Waals surface area contributed by atoms with Crippen molar-refractivity contribution in [1.82, 2.24) is 19.9 Å². The molecule has 0 radical (unpaired) electrons. The van der Waals surface area contributed by atoms with Crippen LogP contribution in [0.5, 0.6) is 0 Å². The maximum Gasteiger partial charge on any atom is 0.248 e. The maximum absolute atomic E-state index is 6.15. The van der Waals surface area contributed by atoms with Crippen LogP contribution in [0.25, 0.3) is 0 Å². The van der Waals surface area contributed by atoms with Crippen molar-refractivity contribution < 1.29 is 4.52 Å². The number of nitrogens with two attached hydrogens (primary N) is 1. The van der Waals surface area contributed by atoms with Crippen molar-refractivity contribution in [3.63, 3.8) is 0 Å². The van der Waals surface area contributed by atoms with E-state index in [9.17, 15) is 0 Å². The Labute approximate surface area is 125 Å².